The molecule has 2 nitrogen and oxygen atoms in total. The molecular formula is C19H24N2. The number of hydrogen-bond donors (Lipinski definition) is 1. The van der Waals surface area contributed by atoms with Crippen molar-refractivity contribution in [1.29, 1.82) is 0 Å². The van der Waals surface area contributed by atoms with E-state index in [2.05, 4.69) is 52.4 Å². The van der Waals surface area contributed by atoms with Crippen molar-refractivity contribution in [2.75, 3.05) is 0 Å². The van der Waals surface area contributed by atoms with Crippen molar-refractivity contribution in [3.63, 3.8) is 0 Å². The van der Waals surface area contributed by atoms with Crippen LogP contribution in [0.4, 0.5) is 0 Å². The van der Waals surface area contributed by atoms with Gasteiger partial charge in [0.1, 0.15) is 0 Å². The lowest BCUT2D eigenvalue weighted by Crippen LogP contribution is -1.93. The standard InChI is InChI=1S/C19H24N2/c1-8-15-11(4)18(20-13(15)6)17(10-3)19-12(5)16(9-2)14(7)21-19/h3,20H,8-9H2,1-2,4-7H3/b19-17+. The van der Waals surface area contributed by atoms with Gasteiger partial charge in [0.05, 0.1) is 17.0 Å². The molecule has 0 saturated heterocycles. The van der Waals surface area contributed by atoms with Crippen LogP contribution in [0, 0.1) is 26.2 Å². The number of H-pyrrole nitrogens is 1. The third-order valence-electron chi connectivity index (χ3n) is 4.46. The van der Waals surface area contributed by atoms with Crippen LogP contribution in [0.3, 0.4) is 0 Å². The van der Waals surface area contributed by atoms with Crippen LogP contribution in [0.2, 0.25) is 0 Å². The predicted octanol–water partition coefficient (Wildman–Crippen LogP) is 4.74. The lowest BCUT2D eigenvalue weighted by Gasteiger charge is -2.06. The Morgan fingerprint density at radius 1 is 1.14 bits per heavy atom. The normalized spacial score (nSPS) is 17.1. The largest absolute Gasteiger partial charge is 0.358 e. The molecule has 0 bridgehead atoms. The van der Waals surface area contributed by atoms with E-state index >= 15 is 0 Å². The quantitative estimate of drug-likeness (QED) is 0.775. The minimum Gasteiger partial charge on any atom is -0.358 e. The third-order valence-corrected chi connectivity index (χ3v) is 4.46. The fourth-order valence-electron chi connectivity index (χ4n) is 3.33. The van der Waals surface area contributed by atoms with Gasteiger partial charge < -0.3 is 4.98 Å². The molecular weight excluding hydrogens is 256 g/mol. The number of aryl methyl sites for hydroxylation is 1. The summed E-state index contributed by atoms with van der Waals surface area (Å²) in [5.41, 5.74) is 10.3. The first kappa shape index (κ1) is 15.4. The van der Waals surface area contributed by atoms with Crippen molar-refractivity contribution in [2.45, 2.75) is 54.4 Å². The maximum absolute atomic E-state index is 5.83. The minimum atomic E-state index is 0.885. The van der Waals surface area contributed by atoms with Gasteiger partial charge in [0.25, 0.3) is 0 Å². The Labute approximate surface area is 128 Å². The second-order valence-electron chi connectivity index (χ2n) is 5.60. The van der Waals surface area contributed by atoms with E-state index in [1.54, 1.807) is 0 Å². The number of nitrogens with zero attached hydrogens (tertiary/aromatic N) is 1. The summed E-state index contributed by atoms with van der Waals surface area (Å²) in [5.74, 6) is 2.87. The van der Waals surface area contributed by atoms with Crippen molar-refractivity contribution < 1.29 is 0 Å². The summed E-state index contributed by atoms with van der Waals surface area (Å²) in [5, 5.41) is 0. The lowest BCUT2D eigenvalue weighted by atomic mass is 9.98. The molecule has 1 aliphatic rings. The maximum atomic E-state index is 5.83. The molecule has 0 radical (unpaired) electrons. The molecule has 2 heterocycles. The summed E-state index contributed by atoms with van der Waals surface area (Å²) >= 11 is 0. The van der Waals surface area contributed by atoms with Crippen molar-refractivity contribution >= 4 is 11.3 Å². The molecule has 0 fully saturated rings. The van der Waals surface area contributed by atoms with Crippen molar-refractivity contribution in [3.05, 3.63) is 39.4 Å². The topological polar surface area (TPSA) is 28.1 Å². The molecule has 110 valence electrons. The first-order valence-electron chi connectivity index (χ1n) is 7.61. The summed E-state index contributed by atoms with van der Waals surface area (Å²) in [7, 11) is 0. The van der Waals surface area contributed by atoms with Gasteiger partial charge in [-0.2, -0.15) is 0 Å². The first-order chi connectivity index (χ1) is 9.96. The Morgan fingerprint density at radius 3 is 2.24 bits per heavy atom. The zero-order valence-corrected chi connectivity index (χ0v) is 13.9. The van der Waals surface area contributed by atoms with E-state index < -0.39 is 0 Å². The van der Waals surface area contributed by atoms with E-state index in [1.165, 1.54) is 28.0 Å². The molecule has 21 heavy (non-hydrogen) atoms. The molecule has 0 unspecified atom stereocenters. The number of aromatic amines is 1. The fraction of sp³-hybridized carbons (Fsp3) is 0.421. The number of aliphatic imine (C=N–C) groups is 1. The van der Waals surface area contributed by atoms with Crippen LogP contribution >= 0.6 is 0 Å². The fourth-order valence-corrected chi connectivity index (χ4v) is 3.33. The molecule has 0 amide bonds. The molecule has 0 saturated carbocycles. The van der Waals surface area contributed by atoms with E-state index in [-0.39, 0.29) is 0 Å². The molecule has 2 rings (SSSR count). The number of nitrogens with one attached hydrogen (secondary N) is 1. The second-order valence-corrected chi connectivity index (χ2v) is 5.60. The zero-order valence-electron chi connectivity index (χ0n) is 13.9. The third kappa shape index (κ3) is 2.38. The Balaban J connectivity index is 2.70. The highest BCUT2D eigenvalue weighted by Gasteiger charge is 2.22. The van der Waals surface area contributed by atoms with E-state index in [4.69, 9.17) is 11.4 Å². The molecule has 1 N–H and O–H groups in total. The molecule has 2 heteroatoms. The van der Waals surface area contributed by atoms with Crippen LogP contribution in [-0.2, 0) is 6.42 Å². The Morgan fingerprint density at radius 2 is 1.81 bits per heavy atom. The summed E-state index contributed by atoms with van der Waals surface area (Å²) in [6, 6.07) is 0. The molecule has 1 aliphatic heterocycles. The van der Waals surface area contributed by atoms with Gasteiger partial charge in [0, 0.05) is 11.4 Å². The van der Waals surface area contributed by atoms with Gasteiger partial charge in [-0.3, -0.25) is 4.99 Å². The monoisotopic (exact) mass is 280 g/mol. The number of hydrogen-bond acceptors (Lipinski definition) is 1. The molecule has 0 aromatic carbocycles. The zero-order chi connectivity index (χ0) is 15.7. The van der Waals surface area contributed by atoms with E-state index in [0.29, 0.717) is 0 Å². The van der Waals surface area contributed by atoms with E-state index in [1.807, 2.05) is 0 Å². The number of rotatable bonds is 3. The van der Waals surface area contributed by atoms with Crippen LogP contribution < -0.4 is 0 Å². The summed E-state index contributed by atoms with van der Waals surface area (Å²) in [6.07, 6.45) is 7.83. The first-order valence-corrected chi connectivity index (χ1v) is 7.61. The van der Waals surface area contributed by atoms with Gasteiger partial charge in [-0.25, -0.2) is 0 Å². The van der Waals surface area contributed by atoms with Crippen LogP contribution in [-0.4, -0.2) is 10.7 Å². The molecule has 0 atom stereocenters. The predicted molar refractivity (Wildman–Crippen MR) is 91.5 cm³/mol. The van der Waals surface area contributed by atoms with Gasteiger partial charge in [0.15, 0.2) is 0 Å². The average molecular weight is 280 g/mol. The highest BCUT2D eigenvalue weighted by molar-refractivity contribution is 6.05. The van der Waals surface area contributed by atoms with Crippen LogP contribution in [0.25, 0.3) is 5.57 Å². The highest BCUT2D eigenvalue weighted by atomic mass is 14.8. The number of allylic oxidation sites excluding steroid dienone is 3. The Bertz CT molecular complexity index is 715. The van der Waals surface area contributed by atoms with Gasteiger partial charge in [-0.15, -0.1) is 6.42 Å². The van der Waals surface area contributed by atoms with Crippen LogP contribution in [0.1, 0.15) is 56.6 Å². The highest BCUT2D eigenvalue weighted by Crippen LogP contribution is 2.34. The van der Waals surface area contributed by atoms with Crippen LogP contribution in [0.5, 0.6) is 0 Å². The molecule has 0 spiro atoms. The van der Waals surface area contributed by atoms with Crippen molar-refractivity contribution in [1.82, 2.24) is 4.98 Å². The second kappa shape index (κ2) is 5.77. The summed E-state index contributed by atoms with van der Waals surface area (Å²) in [6.45, 7) is 12.8. The van der Waals surface area contributed by atoms with Crippen LogP contribution in [0.15, 0.2) is 21.8 Å². The maximum Gasteiger partial charge on any atom is 0.0843 e. The van der Waals surface area contributed by atoms with Gasteiger partial charge in [-0.05, 0) is 62.8 Å². The Kier molecular flexibility index (Phi) is 4.23. The molecule has 1 aromatic heterocycles. The van der Waals surface area contributed by atoms with Crippen molar-refractivity contribution in [3.8, 4) is 12.3 Å². The summed E-state index contributed by atoms with van der Waals surface area (Å²) < 4.78 is 0. The van der Waals surface area contributed by atoms with E-state index in [0.717, 1.165) is 35.5 Å². The SMILES string of the molecule is C#C/C(=C1\N=C(C)C(CC)=C1C)c1[nH]c(C)c(CC)c1C. The smallest absolute Gasteiger partial charge is 0.0843 e. The minimum absolute atomic E-state index is 0.885. The molecule has 0 aliphatic carbocycles. The number of terminal acetylenes is 1. The van der Waals surface area contributed by atoms with E-state index in [9.17, 15) is 0 Å². The average Bonchev–Trinajstić information content (AvgIpc) is 2.89. The summed E-state index contributed by atoms with van der Waals surface area (Å²) in [4.78, 5) is 8.20. The number of aromatic nitrogens is 1. The van der Waals surface area contributed by atoms with Gasteiger partial charge >= 0.3 is 0 Å². The lowest BCUT2D eigenvalue weighted by molar-refractivity contribution is 1.08. The Hall–Kier alpha value is -2.01. The van der Waals surface area contributed by atoms with Gasteiger partial charge in [-0.1, -0.05) is 19.8 Å². The van der Waals surface area contributed by atoms with Gasteiger partial charge in [0.2, 0.25) is 0 Å². The van der Waals surface area contributed by atoms with Crippen molar-refractivity contribution in [2.24, 2.45) is 4.99 Å². The molecule has 1 aromatic rings.